The topological polar surface area (TPSA) is 27.7 Å². The van der Waals surface area contributed by atoms with Crippen molar-refractivity contribution in [2.75, 3.05) is 19.8 Å². The Morgan fingerprint density at radius 1 is 1.06 bits per heavy atom. The van der Waals surface area contributed by atoms with Crippen LogP contribution in [-0.2, 0) is 14.8 Å². The van der Waals surface area contributed by atoms with E-state index in [1.54, 1.807) is 0 Å². The fraction of sp³-hybridized carbons (Fsp3) is 0.538. The van der Waals surface area contributed by atoms with Crippen LogP contribution in [0.5, 0.6) is 5.75 Å². The highest BCUT2D eigenvalue weighted by molar-refractivity contribution is 9.08. The second-order valence-corrected chi connectivity index (χ2v) is 3.99. The number of hydrogen-bond donors (Lipinski definition) is 0. The first-order valence-corrected chi connectivity index (χ1v) is 6.93. The van der Waals surface area contributed by atoms with Crippen LogP contribution < -0.4 is 4.74 Å². The van der Waals surface area contributed by atoms with Crippen LogP contribution in [0.1, 0.15) is 19.4 Å². The molecule has 0 aliphatic carbocycles. The van der Waals surface area contributed by atoms with E-state index in [-0.39, 0.29) is 6.29 Å². The van der Waals surface area contributed by atoms with E-state index < -0.39 is 0 Å². The van der Waals surface area contributed by atoms with Gasteiger partial charge in [0.2, 0.25) is 0 Å². The number of hydrogen-bond acceptors (Lipinski definition) is 3. The van der Waals surface area contributed by atoms with Gasteiger partial charge < -0.3 is 14.2 Å². The van der Waals surface area contributed by atoms with Gasteiger partial charge in [-0.25, -0.2) is 0 Å². The normalized spacial score (nSPS) is 10.8. The van der Waals surface area contributed by atoms with Crippen LogP contribution in [0.2, 0.25) is 0 Å². The minimum atomic E-state index is -0.291. The number of ether oxygens (including phenoxy) is 3. The van der Waals surface area contributed by atoms with Gasteiger partial charge in [-0.2, -0.15) is 0 Å². The predicted molar refractivity (Wildman–Crippen MR) is 71.6 cm³/mol. The van der Waals surface area contributed by atoms with Gasteiger partial charge in [0.25, 0.3) is 0 Å². The summed E-state index contributed by atoms with van der Waals surface area (Å²) < 4.78 is 16.4. The smallest absolute Gasteiger partial charge is 0.191 e. The van der Waals surface area contributed by atoms with E-state index in [2.05, 4.69) is 15.9 Å². The third-order valence-electron chi connectivity index (χ3n) is 2.17. The maximum atomic E-state index is 5.61. The molecular weight excluding hydrogens is 284 g/mol. The summed E-state index contributed by atoms with van der Waals surface area (Å²) in [5, 5.41) is 0.855. The van der Waals surface area contributed by atoms with E-state index in [0.29, 0.717) is 19.8 Å². The summed E-state index contributed by atoms with van der Waals surface area (Å²) in [5.41, 5.74) is 1.23. The van der Waals surface area contributed by atoms with Crippen LogP contribution in [0.25, 0.3) is 0 Å². The van der Waals surface area contributed by atoms with Gasteiger partial charge in [-0.15, -0.1) is 0 Å². The van der Waals surface area contributed by atoms with Crippen molar-refractivity contribution in [2.45, 2.75) is 25.5 Å². The molecule has 0 N–H and O–H groups in total. The Labute approximate surface area is 111 Å². The summed E-state index contributed by atoms with van der Waals surface area (Å²) in [4.78, 5) is 0. The lowest BCUT2D eigenvalue weighted by Crippen LogP contribution is -2.25. The molecule has 1 aromatic rings. The molecule has 0 spiro atoms. The molecule has 17 heavy (non-hydrogen) atoms. The molecule has 1 rings (SSSR count). The molecule has 0 saturated heterocycles. The predicted octanol–water partition coefficient (Wildman–Crippen LogP) is 3.36. The summed E-state index contributed by atoms with van der Waals surface area (Å²) in [6, 6.07) is 7.96. The summed E-state index contributed by atoms with van der Waals surface area (Å²) in [5.74, 6) is 0.833. The molecule has 3 nitrogen and oxygen atoms in total. The maximum Gasteiger partial charge on any atom is 0.191 e. The van der Waals surface area contributed by atoms with Gasteiger partial charge in [0.1, 0.15) is 12.4 Å². The summed E-state index contributed by atoms with van der Waals surface area (Å²) in [6.45, 7) is 5.54. The summed E-state index contributed by atoms with van der Waals surface area (Å²) >= 11 is 3.40. The highest BCUT2D eigenvalue weighted by Crippen LogP contribution is 2.14. The van der Waals surface area contributed by atoms with Crippen LogP contribution in [0.15, 0.2) is 24.3 Å². The van der Waals surface area contributed by atoms with Crippen molar-refractivity contribution in [3.8, 4) is 5.75 Å². The Morgan fingerprint density at radius 2 is 1.65 bits per heavy atom. The summed E-state index contributed by atoms with van der Waals surface area (Å²) in [6.07, 6.45) is -0.291. The minimum Gasteiger partial charge on any atom is -0.488 e. The lowest BCUT2D eigenvalue weighted by molar-refractivity contribution is -0.152. The SMILES string of the molecule is CCOC(COc1ccc(CBr)cc1)OCC. The number of halogens is 1. The number of benzene rings is 1. The Balaban J connectivity index is 2.41. The lowest BCUT2D eigenvalue weighted by Gasteiger charge is -2.17. The average Bonchev–Trinajstić information content (AvgIpc) is 2.37. The van der Waals surface area contributed by atoms with E-state index in [1.165, 1.54) is 5.56 Å². The standard InChI is InChI=1S/C13H19BrO3/c1-3-15-13(16-4-2)10-17-12-7-5-11(9-14)6-8-12/h5-8,13H,3-4,9-10H2,1-2H3. The molecule has 1 aromatic carbocycles. The number of alkyl halides is 1. The molecule has 0 aliphatic rings. The van der Waals surface area contributed by atoms with E-state index in [0.717, 1.165) is 11.1 Å². The Morgan fingerprint density at radius 3 is 2.12 bits per heavy atom. The molecule has 96 valence electrons. The van der Waals surface area contributed by atoms with Gasteiger partial charge in [0.05, 0.1) is 0 Å². The van der Waals surface area contributed by atoms with Gasteiger partial charge in [0.15, 0.2) is 6.29 Å². The molecule has 0 atom stereocenters. The van der Waals surface area contributed by atoms with Gasteiger partial charge in [-0.3, -0.25) is 0 Å². The molecule has 0 saturated carbocycles. The molecule has 0 bridgehead atoms. The molecule has 4 heteroatoms. The van der Waals surface area contributed by atoms with Crippen molar-refractivity contribution in [1.82, 2.24) is 0 Å². The molecule has 0 aliphatic heterocycles. The fourth-order valence-electron chi connectivity index (χ4n) is 1.36. The zero-order chi connectivity index (χ0) is 12.5. The van der Waals surface area contributed by atoms with Crippen molar-refractivity contribution in [1.29, 1.82) is 0 Å². The molecule has 0 fully saturated rings. The average molecular weight is 303 g/mol. The van der Waals surface area contributed by atoms with E-state index in [9.17, 15) is 0 Å². The molecule has 0 heterocycles. The lowest BCUT2D eigenvalue weighted by atomic mass is 10.2. The third kappa shape index (κ3) is 5.52. The van der Waals surface area contributed by atoms with Crippen molar-refractivity contribution in [3.05, 3.63) is 29.8 Å². The molecule has 0 unspecified atom stereocenters. The Kier molecular flexibility index (Phi) is 7.24. The molecule has 0 radical (unpaired) electrons. The van der Waals surface area contributed by atoms with Crippen molar-refractivity contribution >= 4 is 15.9 Å². The van der Waals surface area contributed by atoms with Crippen molar-refractivity contribution in [3.63, 3.8) is 0 Å². The summed E-state index contributed by atoms with van der Waals surface area (Å²) in [7, 11) is 0. The molecular formula is C13H19BrO3. The molecule has 0 aromatic heterocycles. The first kappa shape index (κ1) is 14.5. The van der Waals surface area contributed by atoms with Crippen molar-refractivity contribution < 1.29 is 14.2 Å². The maximum absolute atomic E-state index is 5.61. The third-order valence-corrected chi connectivity index (χ3v) is 2.82. The first-order chi connectivity index (χ1) is 8.30. The van der Waals surface area contributed by atoms with Crippen LogP contribution in [0, 0.1) is 0 Å². The highest BCUT2D eigenvalue weighted by Gasteiger charge is 2.08. The Bertz CT molecular complexity index is 294. The zero-order valence-corrected chi connectivity index (χ0v) is 11.9. The fourth-order valence-corrected chi connectivity index (χ4v) is 1.73. The quantitative estimate of drug-likeness (QED) is 0.544. The van der Waals surface area contributed by atoms with E-state index in [1.807, 2.05) is 38.1 Å². The van der Waals surface area contributed by atoms with Crippen LogP contribution in [0.3, 0.4) is 0 Å². The van der Waals surface area contributed by atoms with Crippen LogP contribution in [0.4, 0.5) is 0 Å². The van der Waals surface area contributed by atoms with Crippen LogP contribution >= 0.6 is 15.9 Å². The monoisotopic (exact) mass is 302 g/mol. The second kappa shape index (κ2) is 8.50. The molecule has 0 amide bonds. The number of rotatable bonds is 8. The minimum absolute atomic E-state index is 0.291. The van der Waals surface area contributed by atoms with E-state index in [4.69, 9.17) is 14.2 Å². The second-order valence-electron chi connectivity index (χ2n) is 3.43. The van der Waals surface area contributed by atoms with E-state index >= 15 is 0 Å². The first-order valence-electron chi connectivity index (χ1n) is 5.81. The highest BCUT2D eigenvalue weighted by atomic mass is 79.9. The van der Waals surface area contributed by atoms with Gasteiger partial charge >= 0.3 is 0 Å². The van der Waals surface area contributed by atoms with Gasteiger partial charge in [-0.1, -0.05) is 28.1 Å². The van der Waals surface area contributed by atoms with Crippen LogP contribution in [-0.4, -0.2) is 26.1 Å². The van der Waals surface area contributed by atoms with Crippen molar-refractivity contribution in [2.24, 2.45) is 0 Å². The van der Waals surface area contributed by atoms with Gasteiger partial charge in [0, 0.05) is 18.5 Å². The Hall–Kier alpha value is -0.580. The van der Waals surface area contributed by atoms with Gasteiger partial charge in [-0.05, 0) is 31.5 Å². The zero-order valence-electron chi connectivity index (χ0n) is 10.3. The largest absolute Gasteiger partial charge is 0.488 e.